The zero-order valence-corrected chi connectivity index (χ0v) is 11.0. The molecule has 0 fully saturated rings. The summed E-state index contributed by atoms with van der Waals surface area (Å²) in [5, 5.41) is 3.55. The number of hydrogen-bond acceptors (Lipinski definition) is 2. The number of hydrogen-bond donors (Lipinski definition) is 1. The molecule has 0 bridgehead atoms. The Hall–Kier alpha value is -0.890. The van der Waals surface area contributed by atoms with Crippen LogP contribution < -0.4 is 5.32 Å². The Kier molecular flexibility index (Phi) is 5.47. The summed E-state index contributed by atoms with van der Waals surface area (Å²) in [4.78, 5) is 4.54. The van der Waals surface area contributed by atoms with Crippen LogP contribution in [0.15, 0.2) is 12.1 Å². The second kappa shape index (κ2) is 6.64. The van der Waals surface area contributed by atoms with E-state index in [2.05, 4.69) is 43.2 Å². The van der Waals surface area contributed by atoms with E-state index in [1.165, 1.54) is 30.5 Å². The molecule has 0 amide bonds. The van der Waals surface area contributed by atoms with E-state index in [1.807, 2.05) is 6.92 Å². The third kappa shape index (κ3) is 3.60. The van der Waals surface area contributed by atoms with Gasteiger partial charge in [0.25, 0.3) is 0 Å². The van der Waals surface area contributed by atoms with Crippen molar-refractivity contribution >= 4 is 0 Å². The number of nitrogens with one attached hydrogen (secondary N) is 1. The average molecular weight is 220 g/mol. The number of aromatic nitrogens is 1. The van der Waals surface area contributed by atoms with Crippen LogP contribution in [0.2, 0.25) is 0 Å². The van der Waals surface area contributed by atoms with Crippen molar-refractivity contribution in [1.82, 2.24) is 10.3 Å². The van der Waals surface area contributed by atoms with Gasteiger partial charge in [-0.25, -0.2) is 0 Å². The fourth-order valence-electron chi connectivity index (χ4n) is 2.09. The largest absolute Gasteiger partial charge is 0.310 e. The molecule has 0 spiro atoms. The van der Waals surface area contributed by atoms with Crippen molar-refractivity contribution in [1.29, 1.82) is 0 Å². The maximum atomic E-state index is 4.54. The van der Waals surface area contributed by atoms with Gasteiger partial charge in [-0.15, -0.1) is 0 Å². The molecule has 0 saturated carbocycles. The summed E-state index contributed by atoms with van der Waals surface area (Å²) >= 11 is 0. The molecule has 16 heavy (non-hydrogen) atoms. The van der Waals surface area contributed by atoms with Gasteiger partial charge in [-0.1, -0.05) is 32.8 Å². The molecule has 0 aromatic carbocycles. The standard InChI is InChI=1S/C14H24N2/c1-5-7-8-14(15-6-2)13-10-9-11(3)16-12(13)4/h9-10,14-15H,5-8H2,1-4H3. The zero-order valence-electron chi connectivity index (χ0n) is 11.0. The first-order chi connectivity index (χ1) is 7.69. The Balaban J connectivity index is 2.82. The van der Waals surface area contributed by atoms with Gasteiger partial charge in [0.15, 0.2) is 0 Å². The zero-order chi connectivity index (χ0) is 12.0. The Labute approximate surface area is 99.5 Å². The average Bonchev–Trinajstić information content (AvgIpc) is 2.25. The molecule has 0 aliphatic carbocycles. The first kappa shape index (κ1) is 13.2. The van der Waals surface area contributed by atoms with Gasteiger partial charge < -0.3 is 5.32 Å². The molecular weight excluding hydrogens is 196 g/mol. The third-order valence-electron chi connectivity index (χ3n) is 2.94. The monoisotopic (exact) mass is 220 g/mol. The van der Waals surface area contributed by atoms with E-state index in [0.717, 1.165) is 12.2 Å². The summed E-state index contributed by atoms with van der Waals surface area (Å²) in [6.07, 6.45) is 3.72. The first-order valence-electron chi connectivity index (χ1n) is 6.36. The minimum absolute atomic E-state index is 0.470. The molecular formula is C14H24N2. The Bertz CT molecular complexity index is 321. The topological polar surface area (TPSA) is 24.9 Å². The minimum Gasteiger partial charge on any atom is -0.310 e. The molecule has 0 aliphatic rings. The van der Waals surface area contributed by atoms with Crippen molar-refractivity contribution in [2.45, 2.75) is 53.0 Å². The van der Waals surface area contributed by atoms with Crippen LogP contribution in [-0.2, 0) is 0 Å². The van der Waals surface area contributed by atoms with Crippen molar-refractivity contribution in [2.24, 2.45) is 0 Å². The van der Waals surface area contributed by atoms with Crippen LogP contribution in [0.1, 0.15) is 56.1 Å². The molecule has 0 radical (unpaired) electrons. The van der Waals surface area contributed by atoms with E-state index >= 15 is 0 Å². The molecule has 1 aromatic rings. The lowest BCUT2D eigenvalue weighted by molar-refractivity contribution is 0.491. The highest BCUT2D eigenvalue weighted by atomic mass is 14.9. The van der Waals surface area contributed by atoms with Crippen LogP contribution in [-0.4, -0.2) is 11.5 Å². The molecule has 1 heterocycles. The second-order valence-electron chi connectivity index (χ2n) is 4.38. The summed E-state index contributed by atoms with van der Waals surface area (Å²) in [6, 6.07) is 4.80. The predicted molar refractivity (Wildman–Crippen MR) is 69.7 cm³/mol. The smallest absolute Gasteiger partial charge is 0.0423 e. The summed E-state index contributed by atoms with van der Waals surface area (Å²) in [6.45, 7) is 9.57. The van der Waals surface area contributed by atoms with Gasteiger partial charge in [0.05, 0.1) is 0 Å². The lowest BCUT2D eigenvalue weighted by Crippen LogP contribution is -2.22. The van der Waals surface area contributed by atoms with Crippen molar-refractivity contribution in [3.05, 3.63) is 29.1 Å². The molecule has 0 saturated heterocycles. The fourth-order valence-corrected chi connectivity index (χ4v) is 2.09. The number of nitrogens with zero attached hydrogens (tertiary/aromatic N) is 1. The van der Waals surface area contributed by atoms with Crippen LogP contribution >= 0.6 is 0 Å². The fraction of sp³-hybridized carbons (Fsp3) is 0.643. The van der Waals surface area contributed by atoms with Gasteiger partial charge in [0, 0.05) is 17.4 Å². The van der Waals surface area contributed by atoms with Gasteiger partial charge >= 0.3 is 0 Å². The number of pyridine rings is 1. The third-order valence-corrected chi connectivity index (χ3v) is 2.94. The van der Waals surface area contributed by atoms with Gasteiger partial charge in [0.1, 0.15) is 0 Å². The molecule has 90 valence electrons. The predicted octanol–water partition coefficient (Wildman–Crippen LogP) is 3.54. The van der Waals surface area contributed by atoms with Crippen LogP contribution in [0.3, 0.4) is 0 Å². The van der Waals surface area contributed by atoms with Crippen LogP contribution in [0.5, 0.6) is 0 Å². The van der Waals surface area contributed by atoms with Gasteiger partial charge in [-0.2, -0.15) is 0 Å². The maximum Gasteiger partial charge on any atom is 0.0423 e. The molecule has 1 unspecified atom stereocenters. The van der Waals surface area contributed by atoms with Crippen molar-refractivity contribution in [2.75, 3.05) is 6.54 Å². The first-order valence-corrected chi connectivity index (χ1v) is 6.36. The van der Waals surface area contributed by atoms with E-state index in [9.17, 15) is 0 Å². The molecule has 1 N–H and O–H groups in total. The SMILES string of the molecule is CCCCC(NCC)c1ccc(C)nc1C. The minimum atomic E-state index is 0.470. The van der Waals surface area contributed by atoms with Gasteiger partial charge in [-0.3, -0.25) is 4.98 Å². The maximum absolute atomic E-state index is 4.54. The van der Waals surface area contributed by atoms with Crippen LogP contribution in [0, 0.1) is 13.8 Å². The van der Waals surface area contributed by atoms with E-state index in [-0.39, 0.29) is 0 Å². The number of unbranched alkanes of at least 4 members (excludes halogenated alkanes) is 1. The Morgan fingerprint density at radius 1 is 1.25 bits per heavy atom. The molecule has 0 aliphatic heterocycles. The lowest BCUT2D eigenvalue weighted by Gasteiger charge is -2.19. The summed E-state index contributed by atoms with van der Waals surface area (Å²) in [7, 11) is 0. The van der Waals surface area contributed by atoms with E-state index < -0.39 is 0 Å². The highest BCUT2D eigenvalue weighted by Crippen LogP contribution is 2.21. The highest BCUT2D eigenvalue weighted by Gasteiger charge is 2.12. The van der Waals surface area contributed by atoms with Crippen molar-refractivity contribution in [3.63, 3.8) is 0 Å². The molecule has 2 nitrogen and oxygen atoms in total. The highest BCUT2D eigenvalue weighted by molar-refractivity contribution is 5.25. The summed E-state index contributed by atoms with van der Waals surface area (Å²) in [5.74, 6) is 0. The molecule has 1 atom stereocenters. The van der Waals surface area contributed by atoms with Gasteiger partial charge in [-0.05, 0) is 38.4 Å². The molecule has 2 heteroatoms. The normalized spacial score (nSPS) is 12.8. The lowest BCUT2D eigenvalue weighted by atomic mass is 9.99. The molecule has 1 aromatic heterocycles. The van der Waals surface area contributed by atoms with Crippen LogP contribution in [0.25, 0.3) is 0 Å². The van der Waals surface area contributed by atoms with E-state index in [1.54, 1.807) is 0 Å². The van der Waals surface area contributed by atoms with Crippen molar-refractivity contribution in [3.8, 4) is 0 Å². The van der Waals surface area contributed by atoms with Crippen molar-refractivity contribution < 1.29 is 0 Å². The molecule has 1 rings (SSSR count). The van der Waals surface area contributed by atoms with E-state index in [0.29, 0.717) is 6.04 Å². The summed E-state index contributed by atoms with van der Waals surface area (Å²) < 4.78 is 0. The van der Waals surface area contributed by atoms with Gasteiger partial charge in [0.2, 0.25) is 0 Å². The second-order valence-corrected chi connectivity index (χ2v) is 4.38. The van der Waals surface area contributed by atoms with E-state index in [4.69, 9.17) is 0 Å². The van der Waals surface area contributed by atoms with Crippen LogP contribution in [0.4, 0.5) is 0 Å². The summed E-state index contributed by atoms with van der Waals surface area (Å²) in [5.41, 5.74) is 3.63. The number of rotatable bonds is 6. The Morgan fingerprint density at radius 2 is 2.00 bits per heavy atom. The number of aryl methyl sites for hydroxylation is 2. The Morgan fingerprint density at radius 3 is 2.56 bits per heavy atom. The quantitative estimate of drug-likeness (QED) is 0.793.